The number of fused-ring (bicyclic) bond motifs is 1. The maximum Gasteiger partial charge on any atom is 0.127 e. The SMILES string of the molecule is CN(Cc1ccccc1F)C1CCc2ccccc2NC1. The zero-order valence-electron chi connectivity index (χ0n) is 12.3. The molecule has 1 aliphatic heterocycles. The minimum Gasteiger partial charge on any atom is -0.383 e. The predicted octanol–water partition coefficient (Wildman–Crippen LogP) is 3.68. The summed E-state index contributed by atoms with van der Waals surface area (Å²) in [6, 6.07) is 15.9. The Labute approximate surface area is 125 Å². The van der Waals surface area contributed by atoms with E-state index in [2.05, 4.69) is 41.5 Å². The van der Waals surface area contributed by atoms with Crippen molar-refractivity contribution in [3.05, 3.63) is 65.5 Å². The van der Waals surface area contributed by atoms with Crippen molar-refractivity contribution in [1.29, 1.82) is 0 Å². The molecule has 0 amide bonds. The smallest absolute Gasteiger partial charge is 0.127 e. The van der Waals surface area contributed by atoms with Gasteiger partial charge >= 0.3 is 0 Å². The molecule has 0 spiro atoms. The molecule has 1 heterocycles. The molecule has 2 aromatic carbocycles. The van der Waals surface area contributed by atoms with Crippen molar-refractivity contribution in [1.82, 2.24) is 4.90 Å². The summed E-state index contributed by atoms with van der Waals surface area (Å²) in [6.45, 7) is 1.55. The molecule has 1 unspecified atom stereocenters. The van der Waals surface area contributed by atoms with E-state index >= 15 is 0 Å². The van der Waals surface area contributed by atoms with E-state index in [0.29, 0.717) is 12.6 Å². The third-order valence-corrected chi connectivity index (χ3v) is 4.29. The minimum atomic E-state index is -0.116. The predicted molar refractivity (Wildman–Crippen MR) is 84.9 cm³/mol. The van der Waals surface area contributed by atoms with Crippen molar-refractivity contribution >= 4 is 5.69 Å². The first-order valence-electron chi connectivity index (χ1n) is 7.49. The van der Waals surface area contributed by atoms with E-state index in [-0.39, 0.29) is 5.82 Å². The summed E-state index contributed by atoms with van der Waals surface area (Å²) in [5.41, 5.74) is 3.38. The Kier molecular flexibility index (Phi) is 4.20. The number of likely N-dealkylation sites (N-methyl/N-ethyl adjacent to an activating group) is 1. The van der Waals surface area contributed by atoms with Crippen LogP contribution in [0.3, 0.4) is 0 Å². The lowest BCUT2D eigenvalue weighted by Crippen LogP contribution is -2.36. The van der Waals surface area contributed by atoms with Crippen LogP contribution in [-0.4, -0.2) is 24.5 Å². The molecular formula is C18H21FN2. The van der Waals surface area contributed by atoms with Gasteiger partial charge < -0.3 is 5.32 Å². The van der Waals surface area contributed by atoms with Crippen LogP contribution in [0.4, 0.5) is 10.1 Å². The van der Waals surface area contributed by atoms with Gasteiger partial charge in [0.2, 0.25) is 0 Å². The molecule has 2 nitrogen and oxygen atoms in total. The molecule has 0 radical (unpaired) electrons. The van der Waals surface area contributed by atoms with Gasteiger partial charge in [-0.05, 0) is 37.6 Å². The molecule has 0 aliphatic carbocycles. The lowest BCUT2D eigenvalue weighted by atomic mass is 10.0. The van der Waals surface area contributed by atoms with E-state index < -0.39 is 0 Å². The number of benzene rings is 2. The Morgan fingerprint density at radius 1 is 1.14 bits per heavy atom. The molecule has 0 saturated heterocycles. The van der Waals surface area contributed by atoms with Gasteiger partial charge in [-0.25, -0.2) is 4.39 Å². The Morgan fingerprint density at radius 2 is 1.90 bits per heavy atom. The highest BCUT2D eigenvalue weighted by Gasteiger charge is 2.19. The average Bonchev–Trinajstić information content (AvgIpc) is 2.72. The molecule has 3 rings (SSSR count). The second kappa shape index (κ2) is 6.27. The molecule has 0 bridgehead atoms. The molecule has 1 aliphatic rings. The Balaban J connectivity index is 1.67. The largest absolute Gasteiger partial charge is 0.383 e. The lowest BCUT2D eigenvalue weighted by molar-refractivity contribution is 0.230. The maximum absolute atomic E-state index is 13.8. The third-order valence-electron chi connectivity index (χ3n) is 4.29. The number of rotatable bonds is 3. The van der Waals surface area contributed by atoms with Crippen LogP contribution in [0.2, 0.25) is 0 Å². The van der Waals surface area contributed by atoms with Gasteiger partial charge in [0.1, 0.15) is 5.82 Å². The second-order valence-corrected chi connectivity index (χ2v) is 5.74. The first-order valence-corrected chi connectivity index (χ1v) is 7.49. The third kappa shape index (κ3) is 3.24. The summed E-state index contributed by atoms with van der Waals surface area (Å²) in [5, 5.41) is 3.52. The van der Waals surface area contributed by atoms with Crippen LogP contribution < -0.4 is 5.32 Å². The fourth-order valence-electron chi connectivity index (χ4n) is 2.96. The minimum absolute atomic E-state index is 0.116. The first-order chi connectivity index (χ1) is 10.2. The molecule has 0 aromatic heterocycles. The van der Waals surface area contributed by atoms with Gasteiger partial charge in [-0.2, -0.15) is 0 Å². The van der Waals surface area contributed by atoms with Crippen LogP contribution in [0.5, 0.6) is 0 Å². The first kappa shape index (κ1) is 14.1. The second-order valence-electron chi connectivity index (χ2n) is 5.74. The van der Waals surface area contributed by atoms with E-state index in [0.717, 1.165) is 24.9 Å². The number of nitrogens with one attached hydrogen (secondary N) is 1. The van der Waals surface area contributed by atoms with Crippen molar-refractivity contribution in [2.24, 2.45) is 0 Å². The number of hydrogen-bond donors (Lipinski definition) is 1. The number of para-hydroxylation sites is 1. The number of anilines is 1. The van der Waals surface area contributed by atoms with Crippen LogP contribution in [0.1, 0.15) is 17.5 Å². The van der Waals surface area contributed by atoms with Gasteiger partial charge in [0.15, 0.2) is 0 Å². The van der Waals surface area contributed by atoms with E-state index in [1.165, 1.54) is 17.3 Å². The summed E-state index contributed by atoms with van der Waals surface area (Å²) >= 11 is 0. The van der Waals surface area contributed by atoms with Gasteiger partial charge in [0, 0.05) is 30.4 Å². The quantitative estimate of drug-likeness (QED) is 0.925. The van der Waals surface area contributed by atoms with Gasteiger partial charge in [0.25, 0.3) is 0 Å². The molecule has 0 saturated carbocycles. The van der Waals surface area contributed by atoms with Crippen LogP contribution in [-0.2, 0) is 13.0 Å². The molecule has 3 heteroatoms. The number of aryl methyl sites for hydroxylation is 1. The Hall–Kier alpha value is -1.87. The van der Waals surface area contributed by atoms with Crippen LogP contribution >= 0.6 is 0 Å². The summed E-state index contributed by atoms with van der Waals surface area (Å²) in [6.07, 6.45) is 2.16. The molecular weight excluding hydrogens is 263 g/mol. The summed E-state index contributed by atoms with van der Waals surface area (Å²) in [7, 11) is 2.08. The molecule has 1 atom stereocenters. The van der Waals surface area contributed by atoms with Gasteiger partial charge in [-0.3, -0.25) is 4.90 Å². The van der Waals surface area contributed by atoms with Crippen molar-refractivity contribution in [3.8, 4) is 0 Å². The van der Waals surface area contributed by atoms with Crippen molar-refractivity contribution in [2.75, 3.05) is 18.9 Å². The van der Waals surface area contributed by atoms with E-state index in [1.54, 1.807) is 6.07 Å². The summed E-state index contributed by atoms with van der Waals surface area (Å²) in [5.74, 6) is -0.116. The average molecular weight is 284 g/mol. The van der Waals surface area contributed by atoms with Gasteiger partial charge in [-0.15, -0.1) is 0 Å². The van der Waals surface area contributed by atoms with Crippen LogP contribution in [0.25, 0.3) is 0 Å². The van der Waals surface area contributed by atoms with E-state index in [9.17, 15) is 4.39 Å². The Morgan fingerprint density at radius 3 is 2.76 bits per heavy atom. The standard InChI is InChI=1S/C18H21FN2/c1-21(13-15-7-2-4-8-17(15)19)16-11-10-14-6-3-5-9-18(14)20-12-16/h2-9,16,20H,10-13H2,1H3. The fraction of sp³-hybridized carbons (Fsp3) is 0.333. The zero-order valence-corrected chi connectivity index (χ0v) is 12.3. The monoisotopic (exact) mass is 284 g/mol. The highest BCUT2D eigenvalue weighted by Crippen LogP contribution is 2.23. The number of halogens is 1. The zero-order chi connectivity index (χ0) is 14.7. The highest BCUT2D eigenvalue weighted by molar-refractivity contribution is 5.52. The molecule has 2 aromatic rings. The molecule has 21 heavy (non-hydrogen) atoms. The van der Waals surface area contributed by atoms with Crippen molar-refractivity contribution < 1.29 is 4.39 Å². The fourth-order valence-corrected chi connectivity index (χ4v) is 2.96. The molecule has 110 valence electrons. The van der Waals surface area contributed by atoms with Crippen LogP contribution in [0.15, 0.2) is 48.5 Å². The van der Waals surface area contributed by atoms with Gasteiger partial charge in [0.05, 0.1) is 0 Å². The highest BCUT2D eigenvalue weighted by atomic mass is 19.1. The van der Waals surface area contributed by atoms with Crippen molar-refractivity contribution in [2.45, 2.75) is 25.4 Å². The molecule has 1 N–H and O–H groups in total. The van der Waals surface area contributed by atoms with E-state index in [1.807, 2.05) is 12.1 Å². The van der Waals surface area contributed by atoms with E-state index in [4.69, 9.17) is 0 Å². The number of nitrogens with zero attached hydrogens (tertiary/aromatic N) is 1. The lowest BCUT2D eigenvalue weighted by Gasteiger charge is -2.27. The normalized spacial score (nSPS) is 18.0. The topological polar surface area (TPSA) is 15.3 Å². The summed E-state index contributed by atoms with van der Waals surface area (Å²) < 4.78 is 13.8. The van der Waals surface area contributed by atoms with Gasteiger partial charge in [-0.1, -0.05) is 36.4 Å². The van der Waals surface area contributed by atoms with Crippen molar-refractivity contribution in [3.63, 3.8) is 0 Å². The molecule has 0 fully saturated rings. The maximum atomic E-state index is 13.8. The summed E-state index contributed by atoms with van der Waals surface area (Å²) in [4.78, 5) is 2.25. The van der Waals surface area contributed by atoms with Crippen LogP contribution in [0, 0.1) is 5.82 Å². The Bertz CT molecular complexity index is 585. The number of hydrogen-bond acceptors (Lipinski definition) is 2.